The maximum absolute atomic E-state index is 13.6. The van der Waals surface area contributed by atoms with Crippen LogP contribution in [0.25, 0.3) is 21.9 Å². The first kappa shape index (κ1) is 21.7. The smallest absolute Gasteiger partial charge is 0.329 e. The molecular weight excluding hydrogens is 460 g/mol. The molecule has 35 heavy (non-hydrogen) atoms. The number of benzene rings is 2. The summed E-state index contributed by atoms with van der Waals surface area (Å²) < 4.78 is 0. The maximum Gasteiger partial charge on any atom is 0.329 e. The molecular formula is C28H23ClN4O2. The summed E-state index contributed by atoms with van der Waals surface area (Å²) in [4.78, 5) is 36.7. The van der Waals surface area contributed by atoms with Gasteiger partial charge in [0, 0.05) is 46.0 Å². The van der Waals surface area contributed by atoms with Crippen molar-refractivity contribution in [2.75, 3.05) is 4.90 Å². The van der Waals surface area contributed by atoms with Gasteiger partial charge in [0.2, 0.25) is 5.91 Å². The number of imide groups is 1. The highest BCUT2D eigenvalue weighted by atomic mass is 35.5. The predicted molar refractivity (Wildman–Crippen MR) is 136 cm³/mol. The van der Waals surface area contributed by atoms with E-state index in [4.69, 9.17) is 11.6 Å². The molecule has 3 unspecified atom stereocenters. The molecule has 6 nitrogen and oxygen atoms in total. The Labute approximate surface area is 208 Å². The SMILES string of the molecule is O=C1NC2CC(c3c(Cl)cccc3-c3cccnc3)CCC2C(=O)N1c1cncc2ccccc12. The molecule has 2 aliphatic rings. The first-order valence-corrected chi connectivity index (χ1v) is 12.2. The zero-order chi connectivity index (χ0) is 23.9. The Morgan fingerprint density at radius 2 is 1.80 bits per heavy atom. The number of anilines is 1. The third-order valence-corrected chi connectivity index (χ3v) is 7.55. The van der Waals surface area contributed by atoms with E-state index in [1.54, 1.807) is 18.6 Å². The van der Waals surface area contributed by atoms with Crippen molar-refractivity contribution >= 4 is 40.0 Å². The number of urea groups is 1. The largest absolute Gasteiger partial charge is 0.334 e. The Morgan fingerprint density at radius 3 is 2.66 bits per heavy atom. The number of fused-ring (bicyclic) bond motifs is 2. The third kappa shape index (κ3) is 3.74. The van der Waals surface area contributed by atoms with Crippen LogP contribution in [0.15, 0.2) is 79.4 Å². The molecule has 1 aliphatic carbocycles. The van der Waals surface area contributed by atoms with E-state index in [1.165, 1.54) is 4.90 Å². The van der Waals surface area contributed by atoms with E-state index in [2.05, 4.69) is 21.4 Å². The minimum Gasteiger partial charge on any atom is -0.334 e. The second kappa shape index (κ2) is 8.78. The fraction of sp³-hybridized carbons (Fsp3) is 0.214. The summed E-state index contributed by atoms with van der Waals surface area (Å²) in [6.45, 7) is 0. The average molecular weight is 483 g/mol. The van der Waals surface area contributed by atoms with Gasteiger partial charge in [-0.1, -0.05) is 54.1 Å². The molecule has 1 saturated carbocycles. The summed E-state index contributed by atoms with van der Waals surface area (Å²) in [5.41, 5.74) is 3.63. The van der Waals surface area contributed by atoms with Crippen LogP contribution in [0.5, 0.6) is 0 Å². The first-order valence-electron chi connectivity index (χ1n) is 11.8. The van der Waals surface area contributed by atoms with Gasteiger partial charge in [0.15, 0.2) is 0 Å². The van der Waals surface area contributed by atoms with Gasteiger partial charge in [0.25, 0.3) is 0 Å². The highest BCUT2D eigenvalue weighted by molar-refractivity contribution is 6.32. The van der Waals surface area contributed by atoms with E-state index in [0.29, 0.717) is 23.6 Å². The number of carbonyl (C=O) groups excluding carboxylic acids is 2. The number of pyridine rings is 2. The van der Waals surface area contributed by atoms with Crippen molar-refractivity contribution in [2.24, 2.45) is 5.92 Å². The highest BCUT2D eigenvalue weighted by Gasteiger charge is 2.45. The first-order chi connectivity index (χ1) is 17.1. The van der Waals surface area contributed by atoms with Crippen LogP contribution in [-0.2, 0) is 4.79 Å². The highest BCUT2D eigenvalue weighted by Crippen LogP contribution is 2.45. The molecule has 2 fully saturated rings. The molecule has 3 heterocycles. The molecule has 0 spiro atoms. The minimum absolute atomic E-state index is 0.124. The summed E-state index contributed by atoms with van der Waals surface area (Å²) in [6, 6.07) is 16.8. The van der Waals surface area contributed by atoms with Crippen molar-refractivity contribution in [3.05, 3.63) is 90.0 Å². The van der Waals surface area contributed by atoms with E-state index in [0.717, 1.165) is 33.9 Å². The van der Waals surface area contributed by atoms with Gasteiger partial charge in [-0.2, -0.15) is 0 Å². The van der Waals surface area contributed by atoms with Crippen LogP contribution < -0.4 is 10.2 Å². The molecule has 0 radical (unpaired) electrons. The van der Waals surface area contributed by atoms with E-state index in [9.17, 15) is 9.59 Å². The van der Waals surface area contributed by atoms with Crippen LogP contribution >= 0.6 is 11.6 Å². The van der Waals surface area contributed by atoms with Gasteiger partial charge < -0.3 is 5.32 Å². The summed E-state index contributed by atoms with van der Waals surface area (Å²) >= 11 is 6.71. The zero-order valence-electron chi connectivity index (χ0n) is 18.9. The second-order valence-electron chi connectivity index (χ2n) is 9.17. The zero-order valence-corrected chi connectivity index (χ0v) is 19.7. The number of nitrogens with one attached hydrogen (secondary N) is 1. The van der Waals surface area contributed by atoms with E-state index in [-0.39, 0.29) is 23.8 Å². The van der Waals surface area contributed by atoms with Gasteiger partial charge in [-0.15, -0.1) is 0 Å². The Hall–Kier alpha value is -3.77. The number of hydrogen-bond donors (Lipinski definition) is 1. The van der Waals surface area contributed by atoms with Crippen LogP contribution in [0.4, 0.5) is 10.5 Å². The summed E-state index contributed by atoms with van der Waals surface area (Å²) in [5.74, 6) is -0.326. The van der Waals surface area contributed by atoms with E-state index < -0.39 is 6.03 Å². The van der Waals surface area contributed by atoms with Crippen molar-refractivity contribution in [2.45, 2.75) is 31.2 Å². The summed E-state index contributed by atoms with van der Waals surface area (Å²) in [5, 5.41) is 5.54. The lowest BCUT2D eigenvalue weighted by Crippen LogP contribution is -2.61. The monoisotopic (exact) mass is 482 g/mol. The standard InChI is InChI=1S/C28H23ClN4O2/c29-23-9-3-8-21(19-6-4-12-30-14-19)26(23)17-10-11-22-24(13-17)32-28(35)33(27(22)34)25-16-31-15-18-5-1-2-7-20(18)25/h1-9,12,14-17,22,24H,10-11,13H2,(H,32,35). The number of carbonyl (C=O) groups is 2. The fourth-order valence-corrected chi connectivity index (χ4v) is 5.94. The molecule has 1 N–H and O–H groups in total. The predicted octanol–water partition coefficient (Wildman–Crippen LogP) is 5.96. The lowest BCUT2D eigenvalue weighted by atomic mass is 9.73. The van der Waals surface area contributed by atoms with Crippen molar-refractivity contribution < 1.29 is 9.59 Å². The molecule has 3 amide bonds. The van der Waals surface area contributed by atoms with Crippen molar-refractivity contribution in [1.29, 1.82) is 0 Å². The molecule has 4 aromatic rings. The van der Waals surface area contributed by atoms with Crippen LogP contribution in [0.1, 0.15) is 30.7 Å². The summed E-state index contributed by atoms with van der Waals surface area (Å²) in [7, 11) is 0. The molecule has 6 rings (SSSR count). The van der Waals surface area contributed by atoms with Crippen molar-refractivity contribution in [3.63, 3.8) is 0 Å². The minimum atomic E-state index is -0.401. The normalized spacial score (nSPS) is 22.1. The van der Waals surface area contributed by atoms with Gasteiger partial charge in [-0.3, -0.25) is 14.8 Å². The average Bonchev–Trinajstić information content (AvgIpc) is 2.89. The molecule has 1 aliphatic heterocycles. The molecule has 0 bridgehead atoms. The Bertz CT molecular complexity index is 1440. The van der Waals surface area contributed by atoms with Crippen LogP contribution in [0.2, 0.25) is 5.02 Å². The Morgan fingerprint density at radius 1 is 0.914 bits per heavy atom. The molecule has 7 heteroatoms. The van der Waals surface area contributed by atoms with Crippen molar-refractivity contribution in [1.82, 2.24) is 15.3 Å². The van der Waals surface area contributed by atoms with Gasteiger partial charge in [0.05, 0.1) is 17.8 Å². The maximum atomic E-state index is 13.6. The van der Waals surface area contributed by atoms with Gasteiger partial charge in [-0.05, 0) is 48.4 Å². The number of rotatable bonds is 3. The van der Waals surface area contributed by atoms with Crippen LogP contribution in [-0.4, -0.2) is 27.9 Å². The van der Waals surface area contributed by atoms with Crippen LogP contribution in [0, 0.1) is 5.92 Å². The molecule has 2 aromatic heterocycles. The third-order valence-electron chi connectivity index (χ3n) is 7.22. The lowest BCUT2D eigenvalue weighted by molar-refractivity contribution is -0.124. The molecule has 3 atom stereocenters. The number of hydrogen-bond acceptors (Lipinski definition) is 4. The number of amides is 3. The van der Waals surface area contributed by atoms with Crippen molar-refractivity contribution in [3.8, 4) is 11.1 Å². The molecule has 1 saturated heterocycles. The Balaban J connectivity index is 1.31. The fourth-order valence-electron chi connectivity index (χ4n) is 5.61. The van der Waals surface area contributed by atoms with Gasteiger partial charge in [-0.25, -0.2) is 9.69 Å². The molecule has 174 valence electrons. The van der Waals surface area contributed by atoms with E-state index >= 15 is 0 Å². The van der Waals surface area contributed by atoms with Gasteiger partial charge in [0.1, 0.15) is 0 Å². The number of aromatic nitrogens is 2. The lowest BCUT2D eigenvalue weighted by Gasteiger charge is -2.43. The van der Waals surface area contributed by atoms with Crippen LogP contribution in [0.3, 0.4) is 0 Å². The second-order valence-corrected chi connectivity index (χ2v) is 9.58. The van der Waals surface area contributed by atoms with E-state index in [1.807, 2.05) is 54.7 Å². The summed E-state index contributed by atoms with van der Waals surface area (Å²) in [6.07, 6.45) is 9.05. The topological polar surface area (TPSA) is 75.2 Å². The Kier molecular flexibility index (Phi) is 5.46. The number of nitrogens with zero attached hydrogens (tertiary/aromatic N) is 3. The quantitative estimate of drug-likeness (QED) is 0.391. The van der Waals surface area contributed by atoms with Gasteiger partial charge >= 0.3 is 6.03 Å². The molecule has 2 aromatic carbocycles. The number of halogens is 1.